The standard InChI is InChI=1S/C27H52O5/c1-4-5-6-13-17-20-26(29)31-23-25(22-28)32-27(30)21-18-15-12-10-8-7-9-11-14-16-19-24(2)3/h24-25,28H,4-23H2,1-3H3/t25-/m0/s1. The van der Waals surface area contributed by atoms with Crippen LogP contribution in [-0.4, -0.2) is 36.4 Å². The Morgan fingerprint density at radius 1 is 0.688 bits per heavy atom. The van der Waals surface area contributed by atoms with Crippen LogP contribution in [0.15, 0.2) is 0 Å². The summed E-state index contributed by atoms with van der Waals surface area (Å²) in [6.07, 6.45) is 18.9. The van der Waals surface area contributed by atoms with E-state index in [4.69, 9.17) is 9.47 Å². The maximum atomic E-state index is 12.0. The lowest BCUT2D eigenvalue weighted by Gasteiger charge is -2.15. The van der Waals surface area contributed by atoms with Gasteiger partial charge < -0.3 is 14.6 Å². The van der Waals surface area contributed by atoms with E-state index in [0.717, 1.165) is 44.4 Å². The van der Waals surface area contributed by atoms with Gasteiger partial charge in [-0.1, -0.05) is 111 Å². The van der Waals surface area contributed by atoms with Crippen LogP contribution in [0.1, 0.15) is 136 Å². The van der Waals surface area contributed by atoms with E-state index in [9.17, 15) is 14.7 Å². The minimum absolute atomic E-state index is 0.0620. The molecule has 0 aliphatic rings. The third-order valence-electron chi connectivity index (χ3n) is 5.83. The molecule has 0 aliphatic carbocycles. The van der Waals surface area contributed by atoms with Gasteiger partial charge in [0.25, 0.3) is 0 Å². The summed E-state index contributed by atoms with van der Waals surface area (Å²) in [7, 11) is 0. The number of ether oxygens (including phenoxy) is 2. The first-order valence-corrected chi connectivity index (χ1v) is 13.5. The summed E-state index contributed by atoms with van der Waals surface area (Å²) in [5.41, 5.74) is 0. The van der Waals surface area contributed by atoms with E-state index in [1.165, 1.54) is 64.2 Å². The molecule has 0 spiro atoms. The monoisotopic (exact) mass is 456 g/mol. The molecule has 0 unspecified atom stereocenters. The number of rotatable bonds is 23. The van der Waals surface area contributed by atoms with Gasteiger partial charge in [-0.2, -0.15) is 0 Å². The molecular weight excluding hydrogens is 404 g/mol. The largest absolute Gasteiger partial charge is 0.462 e. The van der Waals surface area contributed by atoms with E-state index in [0.29, 0.717) is 12.8 Å². The first-order valence-electron chi connectivity index (χ1n) is 13.5. The minimum Gasteiger partial charge on any atom is -0.462 e. The summed E-state index contributed by atoms with van der Waals surface area (Å²) in [6, 6.07) is 0. The highest BCUT2D eigenvalue weighted by Gasteiger charge is 2.16. The lowest BCUT2D eigenvalue weighted by atomic mass is 10.0. The zero-order valence-corrected chi connectivity index (χ0v) is 21.4. The van der Waals surface area contributed by atoms with Gasteiger partial charge in [-0.25, -0.2) is 0 Å². The molecule has 0 rings (SSSR count). The van der Waals surface area contributed by atoms with Crippen molar-refractivity contribution in [3.05, 3.63) is 0 Å². The second-order valence-corrected chi connectivity index (χ2v) is 9.61. The van der Waals surface area contributed by atoms with E-state index in [1.54, 1.807) is 0 Å². The molecule has 1 atom stereocenters. The highest BCUT2D eigenvalue weighted by atomic mass is 16.6. The number of hydrogen-bond donors (Lipinski definition) is 1. The van der Waals surface area contributed by atoms with E-state index >= 15 is 0 Å². The lowest BCUT2D eigenvalue weighted by molar-refractivity contribution is -0.161. The SMILES string of the molecule is CCCCCCCC(=O)OC[C@H](CO)OC(=O)CCCCCCCCCCCCC(C)C. The predicted molar refractivity (Wildman–Crippen MR) is 132 cm³/mol. The van der Waals surface area contributed by atoms with Crippen molar-refractivity contribution in [2.75, 3.05) is 13.2 Å². The molecule has 0 fully saturated rings. The fraction of sp³-hybridized carbons (Fsp3) is 0.926. The van der Waals surface area contributed by atoms with Crippen LogP contribution in [0.4, 0.5) is 0 Å². The molecule has 32 heavy (non-hydrogen) atoms. The van der Waals surface area contributed by atoms with Crippen molar-refractivity contribution >= 4 is 11.9 Å². The molecule has 0 aromatic heterocycles. The molecule has 0 heterocycles. The maximum absolute atomic E-state index is 12.0. The van der Waals surface area contributed by atoms with Gasteiger partial charge in [-0.15, -0.1) is 0 Å². The van der Waals surface area contributed by atoms with Crippen molar-refractivity contribution < 1.29 is 24.2 Å². The van der Waals surface area contributed by atoms with Crippen LogP contribution in [0.5, 0.6) is 0 Å². The number of aliphatic hydroxyl groups excluding tert-OH is 1. The second-order valence-electron chi connectivity index (χ2n) is 9.61. The third-order valence-corrected chi connectivity index (χ3v) is 5.83. The molecule has 190 valence electrons. The van der Waals surface area contributed by atoms with Gasteiger partial charge >= 0.3 is 11.9 Å². The summed E-state index contributed by atoms with van der Waals surface area (Å²) in [5, 5.41) is 9.38. The topological polar surface area (TPSA) is 72.8 Å². The molecule has 5 heteroatoms. The molecule has 0 radical (unpaired) electrons. The summed E-state index contributed by atoms with van der Waals surface area (Å²) in [5.74, 6) is 0.224. The minimum atomic E-state index is -0.757. The third kappa shape index (κ3) is 22.1. The Labute approximate surface area is 198 Å². The second kappa shape index (κ2) is 23.1. The fourth-order valence-electron chi connectivity index (χ4n) is 3.74. The molecule has 0 aromatic carbocycles. The van der Waals surface area contributed by atoms with Crippen LogP contribution < -0.4 is 0 Å². The Morgan fingerprint density at radius 3 is 1.66 bits per heavy atom. The van der Waals surface area contributed by atoms with Gasteiger partial charge in [-0.3, -0.25) is 9.59 Å². The van der Waals surface area contributed by atoms with Crippen molar-refractivity contribution in [2.24, 2.45) is 5.92 Å². The van der Waals surface area contributed by atoms with Crippen LogP contribution in [0, 0.1) is 5.92 Å². The first kappa shape index (κ1) is 30.9. The molecular formula is C27H52O5. The zero-order chi connectivity index (χ0) is 23.9. The predicted octanol–water partition coefficient (Wildman–Crippen LogP) is 7.13. The van der Waals surface area contributed by atoms with Crippen LogP contribution in [0.3, 0.4) is 0 Å². The molecule has 0 saturated carbocycles. The fourth-order valence-corrected chi connectivity index (χ4v) is 3.74. The van der Waals surface area contributed by atoms with Gasteiger partial charge in [0.1, 0.15) is 6.61 Å². The van der Waals surface area contributed by atoms with Gasteiger partial charge in [0.05, 0.1) is 6.61 Å². The summed E-state index contributed by atoms with van der Waals surface area (Å²) in [6.45, 7) is 6.35. The number of hydrogen-bond acceptors (Lipinski definition) is 5. The average molecular weight is 457 g/mol. The molecule has 0 amide bonds. The van der Waals surface area contributed by atoms with Gasteiger partial charge in [0.2, 0.25) is 0 Å². The van der Waals surface area contributed by atoms with Gasteiger partial charge in [-0.05, 0) is 18.8 Å². The lowest BCUT2D eigenvalue weighted by Crippen LogP contribution is -2.28. The Morgan fingerprint density at radius 2 is 1.16 bits per heavy atom. The van der Waals surface area contributed by atoms with Gasteiger partial charge in [0, 0.05) is 12.8 Å². The first-order chi connectivity index (χ1) is 15.5. The smallest absolute Gasteiger partial charge is 0.306 e. The normalized spacial score (nSPS) is 12.2. The molecule has 0 saturated heterocycles. The van der Waals surface area contributed by atoms with Crippen LogP contribution in [0.25, 0.3) is 0 Å². The van der Waals surface area contributed by atoms with Crippen LogP contribution >= 0.6 is 0 Å². The summed E-state index contributed by atoms with van der Waals surface area (Å²) >= 11 is 0. The molecule has 0 aromatic rings. The van der Waals surface area contributed by atoms with Crippen molar-refractivity contribution in [3.63, 3.8) is 0 Å². The molecule has 5 nitrogen and oxygen atoms in total. The Balaban J connectivity index is 3.57. The number of carbonyl (C=O) groups excluding carboxylic acids is 2. The Bertz CT molecular complexity index is 436. The van der Waals surface area contributed by atoms with Crippen LogP contribution in [-0.2, 0) is 19.1 Å². The molecule has 1 N–H and O–H groups in total. The van der Waals surface area contributed by atoms with Crippen molar-refractivity contribution in [2.45, 2.75) is 142 Å². The Hall–Kier alpha value is -1.10. The van der Waals surface area contributed by atoms with E-state index < -0.39 is 6.10 Å². The number of esters is 2. The van der Waals surface area contributed by atoms with E-state index in [1.807, 2.05) is 0 Å². The highest BCUT2D eigenvalue weighted by molar-refractivity contribution is 5.70. The number of unbranched alkanes of at least 4 members (excludes halogenated alkanes) is 13. The van der Waals surface area contributed by atoms with Gasteiger partial charge in [0.15, 0.2) is 6.10 Å². The number of aliphatic hydroxyl groups is 1. The summed E-state index contributed by atoms with van der Waals surface area (Å²) < 4.78 is 10.4. The highest BCUT2D eigenvalue weighted by Crippen LogP contribution is 2.14. The number of carbonyl (C=O) groups is 2. The Kier molecular flexibility index (Phi) is 22.3. The molecule has 0 bridgehead atoms. The van der Waals surface area contributed by atoms with E-state index in [2.05, 4.69) is 20.8 Å². The quantitative estimate of drug-likeness (QED) is 0.131. The van der Waals surface area contributed by atoms with Crippen molar-refractivity contribution in [3.8, 4) is 0 Å². The maximum Gasteiger partial charge on any atom is 0.306 e. The average Bonchev–Trinajstić information content (AvgIpc) is 2.76. The molecule has 0 aliphatic heterocycles. The van der Waals surface area contributed by atoms with E-state index in [-0.39, 0.29) is 25.2 Å². The van der Waals surface area contributed by atoms with Crippen molar-refractivity contribution in [1.29, 1.82) is 0 Å². The van der Waals surface area contributed by atoms with Crippen molar-refractivity contribution in [1.82, 2.24) is 0 Å². The summed E-state index contributed by atoms with van der Waals surface area (Å²) in [4.78, 5) is 23.7. The van der Waals surface area contributed by atoms with Crippen LogP contribution in [0.2, 0.25) is 0 Å². The zero-order valence-electron chi connectivity index (χ0n) is 21.4.